The van der Waals surface area contributed by atoms with Crippen LogP contribution in [0.3, 0.4) is 0 Å². The third-order valence-corrected chi connectivity index (χ3v) is 4.03. The zero-order valence-electron chi connectivity index (χ0n) is 13.9. The number of carbonyl (C=O) groups excluding carboxylic acids is 1. The summed E-state index contributed by atoms with van der Waals surface area (Å²) in [4.78, 5) is 39.3. The highest BCUT2D eigenvalue weighted by Gasteiger charge is 2.17. The molecule has 3 aromatic heterocycles. The fourth-order valence-corrected chi connectivity index (χ4v) is 2.65. The van der Waals surface area contributed by atoms with Gasteiger partial charge in [0.25, 0.3) is 5.91 Å². The first kappa shape index (κ1) is 16.4. The van der Waals surface area contributed by atoms with E-state index < -0.39 is 17.6 Å². The lowest BCUT2D eigenvalue weighted by atomic mass is 10.2. The van der Waals surface area contributed by atoms with Crippen molar-refractivity contribution in [2.75, 3.05) is 0 Å². The Labute approximate surface area is 149 Å². The molecule has 0 atom stereocenters. The van der Waals surface area contributed by atoms with E-state index in [1.807, 2.05) is 0 Å². The van der Waals surface area contributed by atoms with Gasteiger partial charge >= 0.3 is 11.7 Å². The largest absolute Gasteiger partial charge is 0.477 e. The smallest absolute Gasteiger partial charge is 0.419 e. The van der Waals surface area contributed by atoms with Crippen LogP contribution in [0.2, 0.25) is 0 Å². The maximum Gasteiger partial charge on any atom is 0.419 e. The van der Waals surface area contributed by atoms with Crippen LogP contribution in [0.15, 0.2) is 39.7 Å². The molecule has 4 aromatic rings. The number of aryl methyl sites for hydroxylation is 1. The van der Waals surface area contributed by atoms with Crippen LogP contribution < -0.4 is 11.1 Å². The number of aromatic carboxylic acids is 1. The molecule has 0 aliphatic heterocycles. The van der Waals surface area contributed by atoms with Crippen LogP contribution in [-0.2, 0) is 13.6 Å². The Morgan fingerprint density at radius 1 is 1.30 bits per heavy atom. The minimum absolute atomic E-state index is 0.0704. The molecule has 0 radical (unpaired) electrons. The van der Waals surface area contributed by atoms with Crippen molar-refractivity contribution in [3.8, 4) is 0 Å². The number of hydrogen-bond acceptors (Lipinski definition) is 7. The second-order valence-electron chi connectivity index (χ2n) is 5.75. The van der Waals surface area contributed by atoms with Gasteiger partial charge in [-0.3, -0.25) is 9.36 Å². The number of amides is 1. The van der Waals surface area contributed by atoms with Crippen LogP contribution >= 0.6 is 0 Å². The fraction of sp³-hybridized carbons (Fsp3) is 0.125. The monoisotopic (exact) mass is 368 g/mol. The molecule has 0 saturated heterocycles. The highest BCUT2D eigenvalue weighted by Crippen LogP contribution is 2.14. The number of hydrogen-bond donors (Lipinski definition) is 2. The average Bonchev–Trinajstić information content (AvgIpc) is 3.23. The second-order valence-corrected chi connectivity index (χ2v) is 5.75. The third-order valence-electron chi connectivity index (χ3n) is 4.03. The van der Waals surface area contributed by atoms with Gasteiger partial charge in [0.05, 0.1) is 11.7 Å². The maximum atomic E-state index is 12.4. The Balaban J connectivity index is 1.59. The molecule has 2 N–H and O–H groups in total. The van der Waals surface area contributed by atoms with Crippen molar-refractivity contribution in [1.29, 1.82) is 0 Å². The number of benzene rings is 1. The minimum atomic E-state index is -1.26. The van der Waals surface area contributed by atoms with Crippen LogP contribution in [-0.4, -0.2) is 41.4 Å². The quantitative estimate of drug-likeness (QED) is 0.519. The van der Waals surface area contributed by atoms with E-state index in [-0.39, 0.29) is 23.6 Å². The van der Waals surface area contributed by atoms with Gasteiger partial charge in [-0.15, -0.1) is 5.10 Å². The molecule has 0 saturated carbocycles. The molecule has 1 amide bonds. The number of oxazole rings is 1. The summed E-state index contributed by atoms with van der Waals surface area (Å²) in [6.07, 6.45) is 1.26. The number of carbonyl (C=O) groups is 2. The van der Waals surface area contributed by atoms with Gasteiger partial charge in [0.15, 0.2) is 16.9 Å². The molecule has 0 unspecified atom stereocenters. The lowest BCUT2D eigenvalue weighted by Gasteiger charge is -2.07. The topological polar surface area (TPSA) is 145 Å². The lowest BCUT2D eigenvalue weighted by molar-refractivity contribution is 0.0687. The summed E-state index contributed by atoms with van der Waals surface area (Å²) in [5.41, 5.74) is 1.64. The summed E-state index contributed by atoms with van der Waals surface area (Å²) < 4.78 is 7.45. The number of rotatable bonds is 4. The molecule has 11 heteroatoms. The summed E-state index contributed by atoms with van der Waals surface area (Å²) in [6.45, 7) is 0.154. The van der Waals surface area contributed by atoms with Crippen molar-refractivity contribution in [3.63, 3.8) is 0 Å². The predicted octanol–water partition coefficient (Wildman–Crippen LogP) is 0.197. The van der Waals surface area contributed by atoms with E-state index >= 15 is 0 Å². The minimum Gasteiger partial charge on any atom is -0.477 e. The van der Waals surface area contributed by atoms with E-state index in [9.17, 15) is 19.5 Å². The van der Waals surface area contributed by atoms with Gasteiger partial charge in [0, 0.05) is 19.7 Å². The third kappa shape index (κ3) is 2.80. The standard InChI is InChI=1S/C16H12N6O5/c1-21-10-4-8(2-3-12(10)27-16(21)26)6-17-14(23)9-5-11(15(24)25)22-13(19-9)7-18-20-22/h2-5,7H,6H2,1H3,(H,17,23)(H,24,25). The van der Waals surface area contributed by atoms with E-state index in [1.165, 1.54) is 10.8 Å². The Hall–Kier alpha value is -4.02. The maximum absolute atomic E-state index is 12.4. The van der Waals surface area contributed by atoms with Crippen LogP contribution in [0.1, 0.15) is 26.5 Å². The first-order chi connectivity index (χ1) is 12.9. The summed E-state index contributed by atoms with van der Waals surface area (Å²) in [5, 5.41) is 19.2. The SMILES string of the molecule is Cn1c(=O)oc2ccc(CNC(=O)c3cc(C(=O)O)n4nncc4n3)cc21. The molecular formula is C16H12N6O5. The van der Waals surface area contributed by atoms with E-state index in [4.69, 9.17) is 4.42 Å². The number of carboxylic acids is 1. The van der Waals surface area contributed by atoms with Gasteiger partial charge in [-0.05, 0) is 17.7 Å². The summed E-state index contributed by atoms with van der Waals surface area (Å²) >= 11 is 0. The zero-order valence-corrected chi connectivity index (χ0v) is 13.9. The van der Waals surface area contributed by atoms with Crippen molar-refractivity contribution in [3.05, 3.63) is 58.0 Å². The van der Waals surface area contributed by atoms with Crippen molar-refractivity contribution < 1.29 is 19.1 Å². The Morgan fingerprint density at radius 3 is 2.89 bits per heavy atom. The molecule has 1 aromatic carbocycles. The average molecular weight is 368 g/mol. The number of nitrogens with zero attached hydrogens (tertiary/aromatic N) is 5. The molecule has 0 aliphatic carbocycles. The van der Waals surface area contributed by atoms with Crippen LogP contribution in [0, 0.1) is 0 Å². The summed E-state index contributed by atoms with van der Waals surface area (Å²) in [5.74, 6) is -2.28. The molecule has 0 spiro atoms. The van der Waals surface area contributed by atoms with E-state index in [1.54, 1.807) is 25.2 Å². The molecule has 11 nitrogen and oxygen atoms in total. The second kappa shape index (κ2) is 6.05. The molecule has 0 bridgehead atoms. The van der Waals surface area contributed by atoms with Gasteiger partial charge in [-0.2, -0.15) is 4.52 Å². The van der Waals surface area contributed by atoms with E-state index in [2.05, 4.69) is 20.6 Å². The zero-order chi connectivity index (χ0) is 19.1. The fourth-order valence-electron chi connectivity index (χ4n) is 2.65. The highest BCUT2D eigenvalue weighted by atomic mass is 16.4. The van der Waals surface area contributed by atoms with Crippen LogP contribution in [0.4, 0.5) is 0 Å². The van der Waals surface area contributed by atoms with E-state index in [0.29, 0.717) is 11.1 Å². The van der Waals surface area contributed by atoms with E-state index in [0.717, 1.165) is 16.1 Å². The summed E-state index contributed by atoms with van der Waals surface area (Å²) in [7, 11) is 1.59. The summed E-state index contributed by atoms with van der Waals surface area (Å²) in [6, 6.07) is 6.21. The van der Waals surface area contributed by atoms with Gasteiger partial charge in [-0.1, -0.05) is 11.3 Å². The first-order valence-corrected chi connectivity index (χ1v) is 7.75. The normalized spacial score (nSPS) is 11.1. The molecule has 3 heterocycles. The highest BCUT2D eigenvalue weighted by molar-refractivity contribution is 5.95. The number of nitrogens with one attached hydrogen (secondary N) is 1. The van der Waals surface area contributed by atoms with Crippen LogP contribution in [0.5, 0.6) is 0 Å². The van der Waals surface area contributed by atoms with Gasteiger partial charge in [-0.25, -0.2) is 14.6 Å². The molecule has 136 valence electrons. The van der Waals surface area contributed by atoms with Crippen molar-refractivity contribution in [2.24, 2.45) is 7.05 Å². The predicted molar refractivity (Wildman–Crippen MR) is 90.4 cm³/mol. The molecule has 27 heavy (non-hydrogen) atoms. The molecule has 4 rings (SSSR count). The first-order valence-electron chi connectivity index (χ1n) is 7.75. The molecular weight excluding hydrogens is 356 g/mol. The number of carboxylic acid groups (broad SMARTS) is 1. The number of aromatic nitrogens is 5. The van der Waals surface area contributed by atoms with Gasteiger partial charge in [0.2, 0.25) is 0 Å². The van der Waals surface area contributed by atoms with Gasteiger partial charge < -0.3 is 14.8 Å². The number of fused-ring (bicyclic) bond motifs is 2. The van der Waals surface area contributed by atoms with Crippen LogP contribution in [0.25, 0.3) is 16.7 Å². The molecule has 0 aliphatic rings. The lowest BCUT2D eigenvalue weighted by Crippen LogP contribution is -2.25. The Kier molecular flexibility index (Phi) is 3.69. The van der Waals surface area contributed by atoms with Crippen molar-refractivity contribution in [2.45, 2.75) is 6.54 Å². The Morgan fingerprint density at radius 2 is 2.11 bits per heavy atom. The van der Waals surface area contributed by atoms with Crippen molar-refractivity contribution >= 4 is 28.6 Å². The van der Waals surface area contributed by atoms with Crippen molar-refractivity contribution in [1.82, 2.24) is 29.7 Å². The Bertz CT molecular complexity index is 1270. The molecule has 0 fully saturated rings. The van der Waals surface area contributed by atoms with Gasteiger partial charge in [0.1, 0.15) is 5.69 Å².